The SMILES string of the molecule is Cc1ccccc1Sc1c(C)c(=O)[nH]c(=O)n1COCCO. The molecular formula is C15H18N2O4S. The van der Waals surface area contributed by atoms with Gasteiger partial charge in [0.25, 0.3) is 5.56 Å². The average Bonchev–Trinajstić information content (AvgIpc) is 2.49. The van der Waals surface area contributed by atoms with Gasteiger partial charge in [0.05, 0.1) is 18.2 Å². The number of hydrogen-bond acceptors (Lipinski definition) is 5. The van der Waals surface area contributed by atoms with Crippen LogP contribution < -0.4 is 11.2 Å². The van der Waals surface area contributed by atoms with Crippen molar-refractivity contribution in [1.29, 1.82) is 0 Å². The van der Waals surface area contributed by atoms with Crippen molar-refractivity contribution in [2.75, 3.05) is 13.2 Å². The molecule has 0 saturated carbocycles. The number of aromatic amines is 1. The van der Waals surface area contributed by atoms with Crippen LogP contribution >= 0.6 is 11.8 Å². The second-order valence-electron chi connectivity index (χ2n) is 4.75. The molecule has 0 unspecified atom stereocenters. The summed E-state index contributed by atoms with van der Waals surface area (Å²) in [5, 5.41) is 9.32. The van der Waals surface area contributed by atoms with Gasteiger partial charge in [-0.25, -0.2) is 4.79 Å². The molecule has 0 atom stereocenters. The number of aromatic nitrogens is 2. The van der Waals surface area contributed by atoms with E-state index in [0.717, 1.165) is 10.5 Å². The maximum atomic E-state index is 12.0. The Morgan fingerprint density at radius 2 is 2.00 bits per heavy atom. The summed E-state index contributed by atoms with van der Waals surface area (Å²) in [5.41, 5.74) is 0.590. The Hall–Kier alpha value is -1.83. The standard InChI is InChI=1S/C15H18N2O4S/c1-10-5-3-4-6-12(10)22-14-11(2)13(19)16-15(20)17(14)9-21-8-7-18/h3-6,18H,7-9H2,1-2H3,(H,16,19,20). The van der Waals surface area contributed by atoms with E-state index in [4.69, 9.17) is 9.84 Å². The molecular weight excluding hydrogens is 304 g/mol. The third kappa shape index (κ3) is 3.68. The highest BCUT2D eigenvalue weighted by Gasteiger charge is 2.14. The third-order valence-corrected chi connectivity index (χ3v) is 4.53. The fourth-order valence-electron chi connectivity index (χ4n) is 1.89. The lowest BCUT2D eigenvalue weighted by Crippen LogP contribution is -2.33. The lowest BCUT2D eigenvalue weighted by Gasteiger charge is -2.14. The minimum Gasteiger partial charge on any atom is -0.394 e. The molecule has 2 N–H and O–H groups in total. The molecule has 0 aliphatic rings. The summed E-state index contributed by atoms with van der Waals surface area (Å²) in [4.78, 5) is 27.1. The molecule has 6 nitrogen and oxygen atoms in total. The Morgan fingerprint density at radius 3 is 2.68 bits per heavy atom. The Morgan fingerprint density at radius 1 is 1.27 bits per heavy atom. The molecule has 2 rings (SSSR count). The summed E-state index contributed by atoms with van der Waals surface area (Å²) in [5.74, 6) is 0. The van der Waals surface area contributed by atoms with E-state index < -0.39 is 11.2 Å². The Balaban J connectivity index is 2.46. The summed E-state index contributed by atoms with van der Waals surface area (Å²) in [6.07, 6.45) is 0. The van der Waals surface area contributed by atoms with Crippen molar-refractivity contribution < 1.29 is 9.84 Å². The topological polar surface area (TPSA) is 84.3 Å². The normalized spacial score (nSPS) is 10.9. The summed E-state index contributed by atoms with van der Waals surface area (Å²) in [6, 6.07) is 7.74. The van der Waals surface area contributed by atoms with E-state index in [-0.39, 0.29) is 19.9 Å². The second kappa shape index (κ2) is 7.44. The quantitative estimate of drug-likeness (QED) is 0.618. The Bertz CT molecular complexity index is 767. The van der Waals surface area contributed by atoms with Crippen LogP contribution in [0.4, 0.5) is 0 Å². The number of aliphatic hydroxyl groups excluding tert-OH is 1. The van der Waals surface area contributed by atoms with Crippen LogP contribution in [-0.2, 0) is 11.5 Å². The van der Waals surface area contributed by atoms with Gasteiger partial charge in [-0.05, 0) is 25.5 Å². The molecule has 0 aliphatic carbocycles. The number of aryl methyl sites for hydroxylation is 1. The predicted octanol–water partition coefficient (Wildman–Crippen LogP) is 1.27. The summed E-state index contributed by atoms with van der Waals surface area (Å²) in [6.45, 7) is 3.61. The monoisotopic (exact) mass is 322 g/mol. The number of H-pyrrole nitrogens is 1. The zero-order valence-corrected chi connectivity index (χ0v) is 13.3. The molecule has 0 saturated heterocycles. The average molecular weight is 322 g/mol. The number of nitrogens with one attached hydrogen (secondary N) is 1. The molecule has 118 valence electrons. The van der Waals surface area contributed by atoms with Crippen LogP contribution in [-0.4, -0.2) is 27.9 Å². The van der Waals surface area contributed by atoms with Gasteiger partial charge in [0.2, 0.25) is 0 Å². The highest BCUT2D eigenvalue weighted by Crippen LogP contribution is 2.30. The van der Waals surface area contributed by atoms with Crippen molar-refractivity contribution in [3.05, 3.63) is 56.2 Å². The van der Waals surface area contributed by atoms with E-state index in [1.807, 2.05) is 31.2 Å². The van der Waals surface area contributed by atoms with Crippen LogP contribution in [0.2, 0.25) is 0 Å². The number of aliphatic hydroxyl groups is 1. The summed E-state index contributed by atoms with van der Waals surface area (Å²) >= 11 is 1.35. The van der Waals surface area contributed by atoms with Crippen molar-refractivity contribution in [3.63, 3.8) is 0 Å². The zero-order valence-electron chi connectivity index (χ0n) is 12.5. The summed E-state index contributed by atoms with van der Waals surface area (Å²) in [7, 11) is 0. The fraction of sp³-hybridized carbons (Fsp3) is 0.333. The molecule has 2 aromatic rings. The molecule has 0 fully saturated rings. The first-order chi connectivity index (χ1) is 10.5. The molecule has 0 spiro atoms. The van der Waals surface area contributed by atoms with Gasteiger partial charge >= 0.3 is 5.69 Å². The predicted molar refractivity (Wildman–Crippen MR) is 84.4 cm³/mol. The number of hydrogen-bond donors (Lipinski definition) is 2. The minimum absolute atomic E-state index is 0.0226. The lowest BCUT2D eigenvalue weighted by atomic mass is 10.2. The first-order valence-corrected chi connectivity index (χ1v) is 7.62. The molecule has 1 aromatic carbocycles. The minimum atomic E-state index is -0.523. The van der Waals surface area contributed by atoms with E-state index in [0.29, 0.717) is 10.6 Å². The Labute approximate surface area is 131 Å². The van der Waals surface area contributed by atoms with Crippen LogP contribution in [0.15, 0.2) is 43.8 Å². The van der Waals surface area contributed by atoms with E-state index in [1.165, 1.54) is 16.3 Å². The smallest absolute Gasteiger partial charge is 0.331 e. The fourth-order valence-corrected chi connectivity index (χ4v) is 2.97. The highest BCUT2D eigenvalue weighted by atomic mass is 32.2. The van der Waals surface area contributed by atoms with E-state index in [2.05, 4.69) is 4.98 Å². The van der Waals surface area contributed by atoms with Gasteiger partial charge < -0.3 is 9.84 Å². The molecule has 22 heavy (non-hydrogen) atoms. The maximum Gasteiger partial charge on any atom is 0.331 e. The zero-order chi connectivity index (χ0) is 16.1. The first kappa shape index (κ1) is 16.5. The van der Waals surface area contributed by atoms with Crippen LogP contribution in [0.25, 0.3) is 0 Å². The van der Waals surface area contributed by atoms with Crippen LogP contribution in [0, 0.1) is 13.8 Å². The van der Waals surface area contributed by atoms with Crippen LogP contribution in [0.3, 0.4) is 0 Å². The number of nitrogens with zero attached hydrogens (tertiary/aromatic N) is 1. The van der Waals surface area contributed by atoms with Gasteiger partial charge in [-0.3, -0.25) is 14.3 Å². The van der Waals surface area contributed by atoms with Crippen molar-refractivity contribution in [3.8, 4) is 0 Å². The number of ether oxygens (including phenoxy) is 1. The third-order valence-electron chi connectivity index (χ3n) is 3.13. The first-order valence-electron chi connectivity index (χ1n) is 6.80. The van der Waals surface area contributed by atoms with Gasteiger partial charge in [0.1, 0.15) is 6.73 Å². The molecule has 0 amide bonds. The van der Waals surface area contributed by atoms with E-state index >= 15 is 0 Å². The Kier molecular flexibility index (Phi) is 5.59. The number of rotatable bonds is 6. The molecule has 7 heteroatoms. The van der Waals surface area contributed by atoms with Gasteiger partial charge in [-0.1, -0.05) is 30.0 Å². The van der Waals surface area contributed by atoms with Crippen LogP contribution in [0.1, 0.15) is 11.1 Å². The van der Waals surface area contributed by atoms with Gasteiger partial charge in [-0.2, -0.15) is 0 Å². The van der Waals surface area contributed by atoms with Gasteiger partial charge in [0.15, 0.2) is 0 Å². The second-order valence-corrected chi connectivity index (χ2v) is 5.78. The van der Waals surface area contributed by atoms with E-state index in [1.54, 1.807) is 6.92 Å². The van der Waals surface area contributed by atoms with Crippen molar-refractivity contribution in [2.24, 2.45) is 0 Å². The van der Waals surface area contributed by atoms with Crippen molar-refractivity contribution in [1.82, 2.24) is 9.55 Å². The van der Waals surface area contributed by atoms with Gasteiger partial charge in [0, 0.05) is 10.5 Å². The largest absolute Gasteiger partial charge is 0.394 e. The van der Waals surface area contributed by atoms with Crippen molar-refractivity contribution >= 4 is 11.8 Å². The number of benzene rings is 1. The highest BCUT2D eigenvalue weighted by molar-refractivity contribution is 7.99. The summed E-state index contributed by atoms with van der Waals surface area (Å²) < 4.78 is 6.60. The molecule has 1 heterocycles. The molecule has 0 aliphatic heterocycles. The molecule has 0 bridgehead atoms. The van der Waals surface area contributed by atoms with E-state index in [9.17, 15) is 9.59 Å². The molecule has 0 radical (unpaired) electrons. The maximum absolute atomic E-state index is 12.0. The van der Waals surface area contributed by atoms with Crippen LogP contribution in [0.5, 0.6) is 0 Å². The molecule has 1 aromatic heterocycles. The van der Waals surface area contributed by atoms with Crippen molar-refractivity contribution in [2.45, 2.75) is 30.5 Å². The lowest BCUT2D eigenvalue weighted by molar-refractivity contribution is 0.0411. The van der Waals surface area contributed by atoms with Gasteiger partial charge in [-0.15, -0.1) is 0 Å².